The normalized spacial score (nSPS) is 63.7. The molecule has 2 fully saturated rings. The Kier molecular flexibility index (Phi) is 0.970. The Morgan fingerprint density at radius 3 is 2.22 bits per heavy atom. The molecule has 0 aromatic rings. The maximum absolute atomic E-state index is 9.29. The highest BCUT2D eigenvalue weighted by Crippen LogP contribution is 2.64. The molecule has 1 N–H and O–H groups in total. The maximum atomic E-state index is 9.29. The predicted octanol–water partition coefficient (Wildman–Crippen LogP) is 1.59. The summed E-state index contributed by atoms with van der Waals surface area (Å²) in [5.41, 5.74) is 0. The fourth-order valence-corrected chi connectivity index (χ4v) is 2.52. The number of aliphatic hydroxyl groups is 1. The minimum Gasteiger partial charge on any atom is -0.374 e. The standard InChI is InChI=1S/C7H11ClO/c1-4-2-5-6(3-4)7(5,8)9/h4-6,9H,2-3H2,1H3. The van der Waals surface area contributed by atoms with Crippen molar-refractivity contribution in [2.24, 2.45) is 17.8 Å². The molecule has 0 aromatic carbocycles. The van der Waals surface area contributed by atoms with Gasteiger partial charge in [-0.05, 0) is 18.8 Å². The Labute approximate surface area is 60.0 Å². The van der Waals surface area contributed by atoms with E-state index in [0.29, 0.717) is 11.8 Å². The molecule has 0 saturated heterocycles. The van der Waals surface area contributed by atoms with E-state index < -0.39 is 5.06 Å². The predicted molar refractivity (Wildman–Crippen MR) is 36.2 cm³/mol. The highest BCUT2D eigenvalue weighted by Gasteiger charge is 2.66. The van der Waals surface area contributed by atoms with Crippen LogP contribution < -0.4 is 0 Å². The number of hydrogen-bond donors (Lipinski definition) is 1. The molecule has 0 aromatic heterocycles. The van der Waals surface area contributed by atoms with Gasteiger partial charge in [0, 0.05) is 11.8 Å². The van der Waals surface area contributed by atoms with E-state index in [0.717, 1.165) is 18.8 Å². The van der Waals surface area contributed by atoms with Crippen molar-refractivity contribution in [3.63, 3.8) is 0 Å². The van der Waals surface area contributed by atoms with Crippen molar-refractivity contribution < 1.29 is 5.11 Å². The van der Waals surface area contributed by atoms with E-state index in [1.165, 1.54) is 0 Å². The summed E-state index contributed by atoms with van der Waals surface area (Å²) in [5.74, 6) is 1.64. The van der Waals surface area contributed by atoms with Crippen molar-refractivity contribution in [2.45, 2.75) is 24.8 Å². The van der Waals surface area contributed by atoms with Crippen LogP contribution in [-0.2, 0) is 0 Å². The van der Waals surface area contributed by atoms with Crippen molar-refractivity contribution in [1.82, 2.24) is 0 Å². The zero-order chi connectivity index (χ0) is 6.65. The molecule has 2 aliphatic rings. The van der Waals surface area contributed by atoms with Crippen LogP contribution in [-0.4, -0.2) is 10.2 Å². The van der Waals surface area contributed by atoms with Crippen molar-refractivity contribution in [2.75, 3.05) is 0 Å². The first-order chi connectivity index (χ1) is 4.12. The Balaban J connectivity index is 2.06. The first kappa shape index (κ1) is 5.99. The van der Waals surface area contributed by atoms with Gasteiger partial charge in [0.25, 0.3) is 0 Å². The van der Waals surface area contributed by atoms with Crippen LogP contribution in [0, 0.1) is 17.8 Å². The summed E-state index contributed by atoms with van der Waals surface area (Å²) in [6.07, 6.45) is 2.26. The van der Waals surface area contributed by atoms with Gasteiger partial charge in [0.15, 0.2) is 0 Å². The first-order valence-corrected chi connectivity index (χ1v) is 3.91. The van der Waals surface area contributed by atoms with E-state index in [4.69, 9.17) is 11.6 Å². The Morgan fingerprint density at radius 1 is 1.44 bits per heavy atom. The largest absolute Gasteiger partial charge is 0.374 e. The molecule has 0 heterocycles. The summed E-state index contributed by atoms with van der Waals surface area (Å²) in [6, 6.07) is 0. The van der Waals surface area contributed by atoms with E-state index >= 15 is 0 Å². The van der Waals surface area contributed by atoms with Gasteiger partial charge in [0.1, 0.15) is 5.06 Å². The second-order valence-electron chi connectivity index (χ2n) is 3.52. The minimum atomic E-state index is -0.785. The summed E-state index contributed by atoms with van der Waals surface area (Å²) in [7, 11) is 0. The molecule has 0 radical (unpaired) electrons. The average Bonchev–Trinajstić information content (AvgIpc) is 2.27. The quantitative estimate of drug-likeness (QED) is 0.515. The highest BCUT2D eigenvalue weighted by molar-refractivity contribution is 6.25. The molecule has 2 rings (SSSR count). The third-order valence-corrected chi connectivity index (χ3v) is 3.29. The first-order valence-electron chi connectivity index (χ1n) is 3.53. The lowest BCUT2D eigenvalue weighted by atomic mass is 10.1. The Morgan fingerprint density at radius 2 is 1.89 bits per heavy atom. The van der Waals surface area contributed by atoms with E-state index in [-0.39, 0.29) is 0 Å². The molecular formula is C7H11ClO. The van der Waals surface area contributed by atoms with Gasteiger partial charge in [0.05, 0.1) is 0 Å². The molecule has 0 spiro atoms. The van der Waals surface area contributed by atoms with Crippen LogP contribution in [0.3, 0.4) is 0 Å². The van der Waals surface area contributed by atoms with E-state index in [1.807, 2.05) is 0 Å². The summed E-state index contributed by atoms with van der Waals surface area (Å²) < 4.78 is 0. The van der Waals surface area contributed by atoms with Crippen molar-refractivity contribution in [1.29, 1.82) is 0 Å². The molecule has 2 heteroatoms. The summed E-state index contributed by atoms with van der Waals surface area (Å²) in [5, 5.41) is 8.51. The van der Waals surface area contributed by atoms with E-state index in [9.17, 15) is 5.11 Å². The molecule has 2 saturated carbocycles. The second kappa shape index (κ2) is 1.46. The smallest absolute Gasteiger partial charge is 0.145 e. The van der Waals surface area contributed by atoms with E-state index in [1.54, 1.807) is 0 Å². The number of alkyl halides is 1. The molecule has 0 aliphatic heterocycles. The zero-order valence-electron chi connectivity index (χ0n) is 5.47. The van der Waals surface area contributed by atoms with Crippen LogP contribution in [0.15, 0.2) is 0 Å². The van der Waals surface area contributed by atoms with E-state index in [2.05, 4.69) is 6.92 Å². The van der Waals surface area contributed by atoms with Crippen LogP contribution in [0.5, 0.6) is 0 Å². The van der Waals surface area contributed by atoms with Crippen LogP contribution >= 0.6 is 11.6 Å². The second-order valence-corrected chi connectivity index (χ2v) is 4.12. The van der Waals surface area contributed by atoms with Gasteiger partial charge < -0.3 is 5.11 Å². The Hall–Kier alpha value is 0.250. The molecule has 2 aliphatic carbocycles. The zero-order valence-corrected chi connectivity index (χ0v) is 6.23. The van der Waals surface area contributed by atoms with Gasteiger partial charge in [-0.25, -0.2) is 0 Å². The lowest BCUT2D eigenvalue weighted by molar-refractivity contribution is 0.181. The molecule has 1 nitrogen and oxygen atoms in total. The average molecular weight is 147 g/mol. The summed E-state index contributed by atoms with van der Waals surface area (Å²) >= 11 is 5.73. The molecule has 2 unspecified atom stereocenters. The maximum Gasteiger partial charge on any atom is 0.145 e. The number of rotatable bonds is 0. The van der Waals surface area contributed by atoms with Gasteiger partial charge in [0.2, 0.25) is 0 Å². The van der Waals surface area contributed by atoms with Gasteiger partial charge >= 0.3 is 0 Å². The lowest BCUT2D eigenvalue weighted by Gasteiger charge is -2.08. The number of hydrogen-bond acceptors (Lipinski definition) is 1. The third kappa shape index (κ3) is 0.651. The SMILES string of the molecule is CC1CC2C(C1)C2(O)Cl. The van der Waals surface area contributed by atoms with Gasteiger partial charge in [-0.2, -0.15) is 0 Å². The number of halogens is 1. The molecule has 0 amide bonds. The highest BCUT2D eigenvalue weighted by atomic mass is 35.5. The van der Waals surface area contributed by atoms with Crippen molar-refractivity contribution in [3.05, 3.63) is 0 Å². The number of fused-ring (bicyclic) bond motifs is 1. The fourth-order valence-electron chi connectivity index (χ4n) is 2.10. The van der Waals surface area contributed by atoms with Gasteiger partial charge in [-0.1, -0.05) is 18.5 Å². The molecule has 0 bridgehead atoms. The molecular weight excluding hydrogens is 136 g/mol. The third-order valence-electron chi connectivity index (χ3n) is 2.73. The topological polar surface area (TPSA) is 20.2 Å². The van der Waals surface area contributed by atoms with Crippen LogP contribution in [0.4, 0.5) is 0 Å². The van der Waals surface area contributed by atoms with Gasteiger partial charge in [-0.3, -0.25) is 0 Å². The molecule has 9 heavy (non-hydrogen) atoms. The minimum absolute atomic E-state index is 0.425. The monoisotopic (exact) mass is 146 g/mol. The molecule has 2 atom stereocenters. The van der Waals surface area contributed by atoms with Crippen LogP contribution in [0.2, 0.25) is 0 Å². The van der Waals surface area contributed by atoms with Crippen molar-refractivity contribution in [3.8, 4) is 0 Å². The van der Waals surface area contributed by atoms with Crippen molar-refractivity contribution >= 4 is 11.6 Å². The molecule has 52 valence electrons. The fraction of sp³-hybridized carbons (Fsp3) is 1.00. The van der Waals surface area contributed by atoms with Gasteiger partial charge in [-0.15, -0.1) is 0 Å². The van der Waals surface area contributed by atoms with Crippen LogP contribution in [0.1, 0.15) is 19.8 Å². The summed E-state index contributed by atoms with van der Waals surface area (Å²) in [4.78, 5) is 0. The summed E-state index contributed by atoms with van der Waals surface area (Å²) in [6.45, 7) is 2.22. The lowest BCUT2D eigenvalue weighted by Crippen LogP contribution is -2.08. The van der Waals surface area contributed by atoms with Crippen LogP contribution in [0.25, 0.3) is 0 Å². The Bertz CT molecular complexity index is 130.